The number of thiophene rings is 1. The van der Waals surface area contributed by atoms with Gasteiger partial charge in [0, 0.05) is 23.7 Å². The van der Waals surface area contributed by atoms with Crippen molar-refractivity contribution in [3.8, 4) is 0 Å². The summed E-state index contributed by atoms with van der Waals surface area (Å²) < 4.78 is 0. The molecule has 0 aromatic carbocycles. The van der Waals surface area contributed by atoms with Gasteiger partial charge in [-0.3, -0.25) is 4.79 Å². The minimum atomic E-state index is -0.00479. The molecule has 1 heterocycles. The van der Waals surface area contributed by atoms with Gasteiger partial charge in [-0.15, -0.1) is 29.7 Å². The number of hydrogen-bond donors (Lipinski definition) is 1. The van der Waals surface area contributed by atoms with Gasteiger partial charge in [0.2, 0.25) is 5.91 Å². The highest BCUT2D eigenvalue weighted by molar-refractivity contribution is 7.99. The van der Waals surface area contributed by atoms with Gasteiger partial charge >= 0.3 is 0 Å². The number of amides is 1. The quantitative estimate of drug-likeness (QED) is 0.735. The molecule has 0 bridgehead atoms. The van der Waals surface area contributed by atoms with E-state index in [1.807, 2.05) is 11.4 Å². The SMILES string of the molecule is C=CCN(CCO)C(=O)CSCc1cccs1. The molecule has 0 aliphatic heterocycles. The standard InChI is InChI=1S/C12H17NO2S2/c1-2-5-13(6-7-14)12(15)10-16-9-11-4-3-8-17-11/h2-4,8,14H,1,5-7,9-10H2. The zero-order valence-electron chi connectivity index (χ0n) is 9.67. The highest BCUT2D eigenvalue weighted by atomic mass is 32.2. The Morgan fingerprint density at radius 3 is 3.06 bits per heavy atom. The Bertz CT molecular complexity index is 338. The van der Waals surface area contributed by atoms with Gasteiger partial charge < -0.3 is 10.0 Å². The van der Waals surface area contributed by atoms with Gasteiger partial charge in [0.15, 0.2) is 0 Å². The fraction of sp³-hybridized carbons (Fsp3) is 0.417. The summed E-state index contributed by atoms with van der Waals surface area (Å²) in [5, 5.41) is 10.9. The smallest absolute Gasteiger partial charge is 0.232 e. The maximum atomic E-state index is 11.8. The Kier molecular flexibility index (Phi) is 7.00. The van der Waals surface area contributed by atoms with Crippen LogP contribution in [0.3, 0.4) is 0 Å². The van der Waals surface area contributed by atoms with Gasteiger partial charge in [0.05, 0.1) is 12.4 Å². The summed E-state index contributed by atoms with van der Waals surface area (Å²) in [5.41, 5.74) is 0. The molecule has 0 spiro atoms. The normalized spacial score (nSPS) is 10.2. The first kappa shape index (κ1) is 14.3. The summed E-state index contributed by atoms with van der Waals surface area (Å²) in [6, 6.07) is 4.08. The van der Waals surface area contributed by atoms with E-state index < -0.39 is 0 Å². The number of hydrogen-bond acceptors (Lipinski definition) is 4. The summed E-state index contributed by atoms with van der Waals surface area (Å²) >= 11 is 3.30. The van der Waals surface area contributed by atoms with E-state index in [4.69, 9.17) is 5.11 Å². The van der Waals surface area contributed by atoms with Crippen LogP contribution in [0.15, 0.2) is 30.2 Å². The highest BCUT2D eigenvalue weighted by Crippen LogP contribution is 2.17. The number of thioether (sulfide) groups is 1. The number of nitrogens with zero attached hydrogens (tertiary/aromatic N) is 1. The van der Waals surface area contributed by atoms with E-state index >= 15 is 0 Å². The van der Waals surface area contributed by atoms with E-state index in [1.54, 1.807) is 34.1 Å². The van der Waals surface area contributed by atoms with Gasteiger partial charge in [-0.05, 0) is 11.4 Å². The second-order valence-corrected chi connectivity index (χ2v) is 5.44. The molecule has 1 aromatic rings. The minimum absolute atomic E-state index is 0.00479. The third-order valence-electron chi connectivity index (χ3n) is 2.12. The second-order valence-electron chi connectivity index (χ2n) is 3.42. The molecule has 1 N–H and O–H groups in total. The first-order valence-corrected chi connectivity index (χ1v) is 7.41. The molecule has 5 heteroatoms. The van der Waals surface area contributed by atoms with E-state index in [9.17, 15) is 4.79 Å². The van der Waals surface area contributed by atoms with Crippen LogP contribution in [0.25, 0.3) is 0 Å². The Hall–Kier alpha value is -0.780. The molecule has 17 heavy (non-hydrogen) atoms. The maximum absolute atomic E-state index is 11.8. The second kappa shape index (κ2) is 8.33. The summed E-state index contributed by atoms with van der Waals surface area (Å²) in [7, 11) is 0. The molecule has 0 radical (unpaired) electrons. The van der Waals surface area contributed by atoms with Crippen molar-refractivity contribution in [2.45, 2.75) is 5.75 Å². The highest BCUT2D eigenvalue weighted by Gasteiger charge is 2.11. The number of aliphatic hydroxyl groups excluding tert-OH is 1. The van der Waals surface area contributed by atoms with Crippen LogP contribution in [-0.4, -0.2) is 41.4 Å². The Morgan fingerprint density at radius 2 is 2.47 bits per heavy atom. The van der Waals surface area contributed by atoms with Gasteiger partial charge in [-0.25, -0.2) is 0 Å². The Morgan fingerprint density at radius 1 is 1.65 bits per heavy atom. The van der Waals surface area contributed by atoms with Crippen LogP contribution in [0, 0.1) is 0 Å². The lowest BCUT2D eigenvalue weighted by Gasteiger charge is -2.19. The molecule has 3 nitrogen and oxygen atoms in total. The molecular weight excluding hydrogens is 254 g/mol. The van der Waals surface area contributed by atoms with Crippen molar-refractivity contribution in [2.24, 2.45) is 0 Å². The van der Waals surface area contributed by atoms with E-state index in [0.29, 0.717) is 18.8 Å². The molecule has 94 valence electrons. The summed E-state index contributed by atoms with van der Waals surface area (Å²) in [6.07, 6.45) is 1.68. The van der Waals surface area contributed by atoms with Crippen LogP contribution in [0.4, 0.5) is 0 Å². The number of carbonyl (C=O) groups is 1. The summed E-state index contributed by atoms with van der Waals surface area (Å²) in [4.78, 5) is 14.7. The first-order chi connectivity index (χ1) is 8.27. The van der Waals surface area contributed by atoms with Crippen molar-refractivity contribution < 1.29 is 9.90 Å². The van der Waals surface area contributed by atoms with Gasteiger partial charge in [0.25, 0.3) is 0 Å². The van der Waals surface area contributed by atoms with Crippen LogP contribution in [0.5, 0.6) is 0 Å². The van der Waals surface area contributed by atoms with Crippen LogP contribution in [0.1, 0.15) is 4.88 Å². The minimum Gasteiger partial charge on any atom is -0.395 e. The molecule has 0 fully saturated rings. The fourth-order valence-electron chi connectivity index (χ4n) is 1.32. The molecular formula is C12H17NO2S2. The van der Waals surface area contributed by atoms with Crippen LogP contribution in [0.2, 0.25) is 0 Å². The Labute approximate surface area is 110 Å². The van der Waals surface area contributed by atoms with Crippen LogP contribution in [-0.2, 0) is 10.5 Å². The molecule has 0 saturated carbocycles. The number of rotatable bonds is 8. The van der Waals surface area contributed by atoms with E-state index in [1.165, 1.54) is 4.88 Å². The van der Waals surface area contributed by atoms with Gasteiger partial charge in [-0.2, -0.15) is 0 Å². The average Bonchev–Trinajstić information content (AvgIpc) is 2.81. The van der Waals surface area contributed by atoms with Crippen molar-refractivity contribution >= 4 is 29.0 Å². The zero-order chi connectivity index (χ0) is 12.5. The van der Waals surface area contributed by atoms with Crippen molar-refractivity contribution in [2.75, 3.05) is 25.4 Å². The lowest BCUT2D eigenvalue weighted by Crippen LogP contribution is -2.34. The molecule has 0 aliphatic rings. The lowest BCUT2D eigenvalue weighted by atomic mass is 10.4. The zero-order valence-corrected chi connectivity index (χ0v) is 11.3. The predicted molar refractivity (Wildman–Crippen MR) is 74.3 cm³/mol. The fourth-order valence-corrected chi connectivity index (χ4v) is 3.09. The van der Waals surface area contributed by atoms with E-state index in [2.05, 4.69) is 12.6 Å². The van der Waals surface area contributed by atoms with Crippen molar-refractivity contribution in [1.29, 1.82) is 0 Å². The van der Waals surface area contributed by atoms with Crippen molar-refractivity contribution in [1.82, 2.24) is 4.90 Å². The topological polar surface area (TPSA) is 40.5 Å². The number of aliphatic hydroxyl groups is 1. The van der Waals surface area contributed by atoms with Gasteiger partial charge in [-0.1, -0.05) is 12.1 Å². The van der Waals surface area contributed by atoms with Gasteiger partial charge in [0.1, 0.15) is 0 Å². The molecule has 0 saturated heterocycles. The molecule has 1 amide bonds. The first-order valence-electron chi connectivity index (χ1n) is 5.37. The molecule has 0 atom stereocenters. The monoisotopic (exact) mass is 271 g/mol. The predicted octanol–water partition coefficient (Wildman–Crippen LogP) is 1.99. The largest absolute Gasteiger partial charge is 0.395 e. The molecule has 1 rings (SSSR count). The lowest BCUT2D eigenvalue weighted by molar-refractivity contribution is -0.128. The maximum Gasteiger partial charge on any atom is 0.232 e. The molecule has 0 aliphatic carbocycles. The summed E-state index contributed by atoms with van der Waals surface area (Å²) in [5.74, 6) is 1.37. The summed E-state index contributed by atoms with van der Waals surface area (Å²) in [6.45, 7) is 4.48. The van der Waals surface area contributed by atoms with Crippen LogP contribution >= 0.6 is 23.1 Å². The van der Waals surface area contributed by atoms with Crippen molar-refractivity contribution in [3.05, 3.63) is 35.0 Å². The Balaban J connectivity index is 2.28. The van der Waals surface area contributed by atoms with E-state index in [-0.39, 0.29) is 12.5 Å². The van der Waals surface area contributed by atoms with E-state index in [0.717, 1.165) is 5.75 Å². The molecule has 0 unspecified atom stereocenters. The number of carbonyl (C=O) groups excluding carboxylic acids is 1. The van der Waals surface area contributed by atoms with Crippen molar-refractivity contribution in [3.63, 3.8) is 0 Å². The van der Waals surface area contributed by atoms with Crippen LogP contribution < -0.4 is 0 Å². The third kappa shape index (κ3) is 5.39. The average molecular weight is 271 g/mol. The molecule has 1 aromatic heterocycles. The third-order valence-corrected chi connectivity index (χ3v) is 4.15.